The molecular weight excluding hydrogens is 238 g/mol. The monoisotopic (exact) mass is 260 g/mol. The van der Waals surface area contributed by atoms with Gasteiger partial charge in [0.25, 0.3) is 0 Å². The predicted octanol–water partition coefficient (Wildman–Crippen LogP) is 2.72. The number of fused-ring (bicyclic) bond motifs is 3. The molecule has 0 saturated carbocycles. The number of nitrogens with zero attached hydrogens (tertiary/aromatic N) is 1. The lowest BCUT2D eigenvalue weighted by molar-refractivity contribution is 0.209. The van der Waals surface area contributed by atoms with Crippen molar-refractivity contribution in [1.29, 1.82) is 0 Å². The first kappa shape index (κ1) is 12.8. The fraction of sp³-hybridized carbons (Fsp3) is 0.562. The van der Waals surface area contributed by atoms with Crippen molar-refractivity contribution in [3.05, 3.63) is 30.7 Å². The summed E-state index contributed by atoms with van der Waals surface area (Å²) in [5.74, 6) is 3.16. The summed E-state index contributed by atoms with van der Waals surface area (Å²) in [4.78, 5) is 2.55. The Hall–Kier alpha value is -1.22. The van der Waals surface area contributed by atoms with E-state index < -0.39 is 0 Å². The first-order valence-corrected chi connectivity index (χ1v) is 7.14. The lowest BCUT2D eigenvalue weighted by Gasteiger charge is -2.29. The maximum Gasteiger partial charge on any atom is 0.126 e. The lowest BCUT2D eigenvalue weighted by Crippen LogP contribution is -2.25. The summed E-state index contributed by atoms with van der Waals surface area (Å²) in [6.45, 7) is 8.19. The summed E-state index contributed by atoms with van der Waals surface area (Å²) in [5, 5.41) is 0. The van der Waals surface area contributed by atoms with Gasteiger partial charge >= 0.3 is 0 Å². The molecule has 1 fully saturated rings. The van der Waals surface area contributed by atoms with Crippen LogP contribution in [-0.2, 0) is 0 Å². The average Bonchev–Trinajstić information content (AvgIpc) is 2.87. The van der Waals surface area contributed by atoms with Crippen molar-refractivity contribution >= 4 is 0 Å². The van der Waals surface area contributed by atoms with Crippen LogP contribution in [0.2, 0.25) is 0 Å². The van der Waals surface area contributed by atoms with E-state index in [0.717, 1.165) is 44.2 Å². The number of methoxy groups -OCH3 is 1. The zero-order chi connectivity index (χ0) is 13.2. The molecule has 103 valence electrons. The van der Waals surface area contributed by atoms with Crippen LogP contribution in [0.5, 0.6) is 11.5 Å². The highest BCUT2D eigenvalue weighted by atomic mass is 16.5. The molecule has 2 atom stereocenters. The van der Waals surface area contributed by atoms with E-state index in [1.54, 1.807) is 7.11 Å². The van der Waals surface area contributed by atoms with Crippen LogP contribution in [0.4, 0.5) is 0 Å². The number of hydrogen-bond donors (Lipinski definition) is 0. The highest BCUT2D eigenvalue weighted by Gasteiger charge is 2.40. The summed E-state index contributed by atoms with van der Waals surface area (Å²) < 4.78 is 11.4. The van der Waals surface area contributed by atoms with Crippen LogP contribution in [0.15, 0.2) is 18.2 Å². The van der Waals surface area contributed by atoms with Gasteiger partial charge in [-0.3, -0.25) is 0 Å². The van der Waals surface area contributed by atoms with Gasteiger partial charge in [-0.15, -0.1) is 0 Å². The molecule has 3 heteroatoms. The fourth-order valence-corrected chi connectivity index (χ4v) is 3.36. The Bertz CT molecular complexity index is 432. The smallest absolute Gasteiger partial charge is 0.126 e. The molecule has 0 N–H and O–H groups in total. The first-order valence-electron chi connectivity index (χ1n) is 7.14. The molecule has 0 aromatic heterocycles. The van der Waals surface area contributed by atoms with E-state index in [9.17, 15) is 0 Å². The van der Waals surface area contributed by atoms with Crippen LogP contribution in [0.25, 0.3) is 0 Å². The summed E-state index contributed by atoms with van der Waals surface area (Å²) in [5.41, 5.74) is 1.28. The quantitative estimate of drug-likeness (QED) is 0.831. The van der Waals surface area contributed by atoms with Gasteiger partial charge in [-0.05, 0) is 25.1 Å². The molecule has 0 spiro atoms. The molecule has 0 amide bonds. The van der Waals surface area contributed by atoms with Crippen molar-refractivity contribution in [2.24, 2.45) is 5.92 Å². The molecule has 3 nitrogen and oxygen atoms in total. The van der Waals surface area contributed by atoms with E-state index in [-0.39, 0.29) is 0 Å². The third kappa shape index (κ3) is 2.32. The molecular formula is C16H22NO2. The van der Waals surface area contributed by atoms with Gasteiger partial charge < -0.3 is 14.4 Å². The molecule has 1 aromatic carbocycles. The molecule has 2 aliphatic heterocycles. The van der Waals surface area contributed by atoms with Gasteiger partial charge in [-0.25, -0.2) is 0 Å². The van der Waals surface area contributed by atoms with Gasteiger partial charge in [0.1, 0.15) is 11.5 Å². The molecule has 2 heterocycles. The van der Waals surface area contributed by atoms with E-state index in [4.69, 9.17) is 9.47 Å². The van der Waals surface area contributed by atoms with Crippen LogP contribution in [0.1, 0.15) is 24.3 Å². The molecule has 1 aromatic rings. The Balaban J connectivity index is 1.84. The minimum atomic E-state index is 0.560. The second-order valence-electron chi connectivity index (χ2n) is 5.52. The minimum absolute atomic E-state index is 0.560. The van der Waals surface area contributed by atoms with Crippen molar-refractivity contribution in [3.8, 4) is 11.5 Å². The van der Waals surface area contributed by atoms with E-state index >= 15 is 0 Å². The van der Waals surface area contributed by atoms with Gasteiger partial charge in [0, 0.05) is 30.5 Å². The summed E-state index contributed by atoms with van der Waals surface area (Å²) >= 11 is 0. The van der Waals surface area contributed by atoms with E-state index in [1.165, 1.54) is 12.0 Å². The number of ether oxygens (including phenoxy) is 2. The summed E-state index contributed by atoms with van der Waals surface area (Å²) in [7, 11) is 1.74. The van der Waals surface area contributed by atoms with Gasteiger partial charge in [-0.1, -0.05) is 19.4 Å². The molecule has 19 heavy (non-hydrogen) atoms. The normalized spacial score (nSPS) is 25.6. The Kier molecular flexibility index (Phi) is 3.65. The van der Waals surface area contributed by atoms with Crippen molar-refractivity contribution in [3.63, 3.8) is 0 Å². The van der Waals surface area contributed by atoms with Crippen LogP contribution in [0.3, 0.4) is 0 Å². The fourth-order valence-electron chi connectivity index (χ4n) is 3.36. The number of rotatable bonds is 4. The third-order valence-corrected chi connectivity index (χ3v) is 4.31. The first-order chi connectivity index (χ1) is 9.33. The van der Waals surface area contributed by atoms with Crippen molar-refractivity contribution < 1.29 is 9.47 Å². The zero-order valence-electron chi connectivity index (χ0n) is 11.6. The molecule has 1 radical (unpaired) electrons. The van der Waals surface area contributed by atoms with E-state index in [2.05, 4.69) is 17.9 Å². The Morgan fingerprint density at radius 2 is 2.32 bits per heavy atom. The number of hydrogen-bond acceptors (Lipinski definition) is 3. The molecule has 1 saturated heterocycles. The van der Waals surface area contributed by atoms with Gasteiger partial charge in [0.2, 0.25) is 0 Å². The molecule has 3 rings (SSSR count). The van der Waals surface area contributed by atoms with Crippen LogP contribution in [-0.4, -0.2) is 38.3 Å². The minimum Gasteiger partial charge on any atom is -0.496 e. The van der Waals surface area contributed by atoms with Crippen molar-refractivity contribution in [1.82, 2.24) is 4.90 Å². The molecule has 0 unspecified atom stereocenters. The number of likely N-dealkylation sites (tertiary alicyclic amines) is 1. The molecule has 0 aliphatic carbocycles. The predicted molar refractivity (Wildman–Crippen MR) is 75.8 cm³/mol. The lowest BCUT2D eigenvalue weighted by atomic mass is 9.86. The topological polar surface area (TPSA) is 21.7 Å². The third-order valence-electron chi connectivity index (χ3n) is 4.31. The highest BCUT2D eigenvalue weighted by Crippen LogP contribution is 2.45. The molecule has 2 aliphatic rings. The van der Waals surface area contributed by atoms with Gasteiger partial charge in [-0.2, -0.15) is 0 Å². The standard InChI is InChI=1S/C16H22NO2/c1-3-4-8-17-9-12-11-19-15-7-5-6-14(18-2)16(15)13(12)10-17/h5-7,12-13H,1,3-4,8-11H2,2H3/t12-,13-/m1/s1. The largest absolute Gasteiger partial charge is 0.496 e. The second kappa shape index (κ2) is 5.41. The number of unbranched alkanes of at least 4 members (excludes halogenated alkanes) is 1. The van der Waals surface area contributed by atoms with Crippen LogP contribution in [0, 0.1) is 12.8 Å². The maximum absolute atomic E-state index is 5.91. The Morgan fingerprint density at radius 1 is 1.42 bits per heavy atom. The molecule has 0 bridgehead atoms. The Labute approximate surface area is 115 Å². The number of benzene rings is 1. The van der Waals surface area contributed by atoms with E-state index in [1.807, 2.05) is 12.1 Å². The zero-order valence-corrected chi connectivity index (χ0v) is 11.6. The summed E-state index contributed by atoms with van der Waals surface area (Å²) in [6, 6.07) is 6.11. The van der Waals surface area contributed by atoms with Crippen LogP contribution >= 0.6 is 0 Å². The van der Waals surface area contributed by atoms with Crippen molar-refractivity contribution in [2.75, 3.05) is 33.4 Å². The average molecular weight is 260 g/mol. The second-order valence-corrected chi connectivity index (χ2v) is 5.52. The van der Waals surface area contributed by atoms with E-state index in [0.29, 0.717) is 11.8 Å². The maximum atomic E-state index is 5.91. The SMILES string of the molecule is [CH2]CCCN1C[C@@H]2COc3cccc(OC)c3[C@@H]2C1. The van der Waals surface area contributed by atoms with Gasteiger partial charge in [0.15, 0.2) is 0 Å². The highest BCUT2D eigenvalue weighted by molar-refractivity contribution is 5.49. The van der Waals surface area contributed by atoms with Crippen molar-refractivity contribution in [2.45, 2.75) is 18.8 Å². The Morgan fingerprint density at radius 3 is 3.11 bits per heavy atom. The summed E-state index contributed by atoms with van der Waals surface area (Å²) in [6.07, 6.45) is 2.20. The van der Waals surface area contributed by atoms with Gasteiger partial charge in [0.05, 0.1) is 13.7 Å². The van der Waals surface area contributed by atoms with Crippen LogP contribution < -0.4 is 9.47 Å².